The van der Waals surface area contributed by atoms with Gasteiger partial charge in [0, 0.05) is 23.0 Å². The number of pyridine rings is 1. The number of nitrogens with two attached hydrogens (primary N) is 1. The van der Waals surface area contributed by atoms with Crippen molar-refractivity contribution in [1.82, 2.24) is 4.98 Å². The second kappa shape index (κ2) is 9.88. The standard InChI is InChI=1S/C22H18ClFN4O4/c1-32-15-5-7-19(17(10-15)20(29)9-14-4-3-13(23)11-26-14)27-22(30)16-6-2-12(8-18(16)24)21(25)28-31/h2-8,10-11,31H,9H2,1H3,(H2,25,28)(H,27,30). The van der Waals surface area contributed by atoms with Crippen LogP contribution in [-0.2, 0) is 6.42 Å². The average Bonchev–Trinajstić information content (AvgIpc) is 2.80. The van der Waals surface area contributed by atoms with Gasteiger partial charge in [0.1, 0.15) is 11.6 Å². The van der Waals surface area contributed by atoms with Crippen LogP contribution >= 0.6 is 11.6 Å². The van der Waals surface area contributed by atoms with Crippen LogP contribution in [0.5, 0.6) is 5.75 Å². The van der Waals surface area contributed by atoms with Gasteiger partial charge in [0.2, 0.25) is 0 Å². The number of amidine groups is 1. The number of halogens is 2. The van der Waals surface area contributed by atoms with Crippen molar-refractivity contribution in [2.75, 3.05) is 12.4 Å². The molecule has 0 bridgehead atoms. The maximum Gasteiger partial charge on any atom is 0.258 e. The number of aromatic nitrogens is 1. The first kappa shape index (κ1) is 22.7. The largest absolute Gasteiger partial charge is 0.497 e. The SMILES string of the molecule is COc1ccc(NC(=O)c2ccc(/C(N)=N/O)cc2F)c(C(=O)Cc2ccc(Cl)cn2)c1. The van der Waals surface area contributed by atoms with E-state index in [1.807, 2.05) is 0 Å². The molecule has 4 N–H and O–H groups in total. The van der Waals surface area contributed by atoms with Gasteiger partial charge in [-0.1, -0.05) is 22.8 Å². The fourth-order valence-corrected chi connectivity index (χ4v) is 2.98. The number of hydrogen-bond donors (Lipinski definition) is 3. The zero-order valence-electron chi connectivity index (χ0n) is 16.8. The van der Waals surface area contributed by atoms with E-state index in [2.05, 4.69) is 15.5 Å². The van der Waals surface area contributed by atoms with Gasteiger partial charge < -0.3 is 21.0 Å². The van der Waals surface area contributed by atoms with Gasteiger partial charge in [0.05, 0.1) is 29.8 Å². The predicted octanol–water partition coefficient (Wildman–Crippen LogP) is 3.65. The van der Waals surface area contributed by atoms with E-state index in [1.165, 1.54) is 37.6 Å². The van der Waals surface area contributed by atoms with Gasteiger partial charge >= 0.3 is 0 Å². The van der Waals surface area contributed by atoms with E-state index in [1.54, 1.807) is 18.2 Å². The van der Waals surface area contributed by atoms with E-state index < -0.39 is 11.7 Å². The summed E-state index contributed by atoms with van der Waals surface area (Å²) in [6.07, 6.45) is 1.38. The molecule has 0 saturated carbocycles. The van der Waals surface area contributed by atoms with Crippen LogP contribution in [-0.4, -0.2) is 34.8 Å². The van der Waals surface area contributed by atoms with Crippen LogP contribution in [0.3, 0.4) is 0 Å². The second-order valence-electron chi connectivity index (χ2n) is 6.61. The van der Waals surface area contributed by atoms with Crippen molar-refractivity contribution in [1.29, 1.82) is 0 Å². The lowest BCUT2D eigenvalue weighted by molar-refractivity contribution is 0.0992. The van der Waals surface area contributed by atoms with Crippen molar-refractivity contribution in [3.8, 4) is 5.75 Å². The molecule has 0 aliphatic carbocycles. The lowest BCUT2D eigenvalue weighted by atomic mass is 10.0. The Hall–Kier alpha value is -3.98. The Bertz CT molecular complexity index is 1200. The van der Waals surface area contributed by atoms with E-state index in [9.17, 15) is 14.0 Å². The first-order valence-corrected chi connectivity index (χ1v) is 9.60. The van der Waals surface area contributed by atoms with Crippen molar-refractivity contribution in [3.63, 3.8) is 0 Å². The molecular weight excluding hydrogens is 439 g/mol. The molecule has 3 rings (SSSR count). The molecule has 1 heterocycles. The Kier molecular flexibility index (Phi) is 7.01. The van der Waals surface area contributed by atoms with Gasteiger partial charge in [-0.3, -0.25) is 14.6 Å². The quantitative estimate of drug-likeness (QED) is 0.164. The highest BCUT2D eigenvalue weighted by Gasteiger charge is 2.19. The molecule has 0 spiro atoms. The number of nitrogens with zero attached hydrogens (tertiary/aromatic N) is 2. The summed E-state index contributed by atoms with van der Waals surface area (Å²) in [5.41, 5.74) is 6.10. The minimum Gasteiger partial charge on any atom is -0.497 e. The van der Waals surface area contributed by atoms with Gasteiger partial charge in [-0.15, -0.1) is 0 Å². The van der Waals surface area contributed by atoms with Crippen LogP contribution in [0.1, 0.15) is 32.0 Å². The maximum atomic E-state index is 14.4. The lowest BCUT2D eigenvalue weighted by Crippen LogP contribution is -2.18. The highest BCUT2D eigenvalue weighted by Crippen LogP contribution is 2.25. The van der Waals surface area contributed by atoms with Crippen molar-refractivity contribution >= 4 is 34.8 Å². The number of nitrogens with one attached hydrogen (secondary N) is 1. The van der Waals surface area contributed by atoms with E-state index in [0.29, 0.717) is 16.5 Å². The third-order valence-electron chi connectivity index (χ3n) is 4.52. The number of hydrogen-bond acceptors (Lipinski definition) is 6. The number of Topliss-reactive ketones (excluding diaryl/α,β-unsaturated/α-hetero) is 1. The molecule has 10 heteroatoms. The molecule has 0 unspecified atom stereocenters. The summed E-state index contributed by atoms with van der Waals surface area (Å²) >= 11 is 5.83. The highest BCUT2D eigenvalue weighted by molar-refractivity contribution is 6.30. The van der Waals surface area contributed by atoms with Crippen LogP contribution in [0.25, 0.3) is 0 Å². The number of anilines is 1. The number of rotatable bonds is 7. The smallest absolute Gasteiger partial charge is 0.258 e. The van der Waals surface area contributed by atoms with Crippen LogP contribution in [0.4, 0.5) is 10.1 Å². The monoisotopic (exact) mass is 456 g/mol. The predicted molar refractivity (Wildman–Crippen MR) is 117 cm³/mol. The molecule has 0 radical (unpaired) electrons. The zero-order valence-corrected chi connectivity index (χ0v) is 17.6. The fraction of sp³-hybridized carbons (Fsp3) is 0.0909. The Balaban J connectivity index is 1.88. The minimum absolute atomic E-state index is 0.0456. The molecule has 164 valence electrons. The number of carbonyl (C=O) groups is 2. The normalized spacial score (nSPS) is 11.2. The summed E-state index contributed by atoms with van der Waals surface area (Å²) in [6, 6.07) is 11.3. The molecule has 1 amide bonds. The Morgan fingerprint density at radius 1 is 1.19 bits per heavy atom. The van der Waals surface area contributed by atoms with Gasteiger partial charge in [-0.05, 0) is 42.5 Å². The highest BCUT2D eigenvalue weighted by atomic mass is 35.5. The van der Waals surface area contributed by atoms with Gasteiger partial charge in [-0.2, -0.15) is 0 Å². The number of carbonyl (C=O) groups excluding carboxylic acids is 2. The van der Waals surface area contributed by atoms with Crippen molar-refractivity contribution in [3.05, 3.63) is 88.0 Å². The summed E-state index contributed by atoms with van der Waals surface area (Å²) in [5, 5.41) is 14.5. The molecule has 0 aliphatic rings. The third kappa shape index (κ3) is 5.19. The molecule has 2 aromatic carbocycles. The first-order valence-electron chi connectivity index (χ1n) is 9.23. The topological polar surface area (TPSA) is 127 Å². The van der Waals surface area contributed by atoms with Crippen molar-refractivity contribution < 1.29 is 23.9 Å². The van der Waals surface area contributed by atoms with E-state index in [0.717, 1.165) is 6.07 Å². The van der Waals surface area contributed by atoms with Crippen LogP contribution < -0.4 is 15.8 Å². The Morgan fingerprint density at radius 3 is 2.59 bits per heavy atom. The summed E-state index contributed by atoms with van der Waals surface area (Å²) in [4.78, 5) is 29.7. The van der Waals surface area contributed by atoms with E-state index >= 15 is 0 Å². The number of methoxy groups -OCH3 is 1. The maximum absolute atomic E-state index is 14.4. The third-order valence-corrected chi connectivity index (χ3v) is 4.75. The first-order chi connectivity index (χ1) is 15.3. The van der Waals surface area contributed by atoms with Gasteiger partial charge in [-0.25, -0.2) is 4.39 Å². The number of amides is 1. The molecular formula is C22H18ClFN4O4. The molecule has 1 aromatic heterocycles. The summed E-state index contributed by atoms with van der Waals surface area (Å²) in [6.45, 7) is 0. The average molecular weight is 457 g/mol. The minimum atomic E-state index is -0.877. The number of oxime groups is 1. The Morgan fingerprint density at radius 2 is 1.97 bits per heavy atom. The van der Waals surface area contributed by atoms with Crippen molar-refractivity contribution in [2.45, 2.75) is 6.42 Å². The van der Waals surface area contributed by atoms with Crippen LogP contribution in [0.2, 0.25) is 5.02 Å². The van der Waals surface area contributed by atoms with Gasteiger partial charge in [0.25, 0.3) is 5.91 Å². The number of benzene rings is 2. The summed E-state index contributed by atoms with van der Waals surface area (Å²) in [5.74, 6) is -1.88. The summed E-state index contributed by atoms with van der Waals surface area (Å²) < 4.78 is 19.6. The number of ketones is 1. The van der Waals surface area contributed by atoms with E-state index in [-0.39, 0.29) is 40.4 Å². The fourth-order valence-electron chi connectivity index (χ4n) is 2.87. The Labute approximate surface area is 187 Å². The van der Waals surface area contributed by atoms with Crippen LogP contribution in [0.15, 0.2) is 59.9 Å². The molecule has 0 aliphatic heterocycles. The summed E-state index contributed by atoms with van der Waals surface area (Å²) in [7, 11) is 1.45. The molecule has 0 fully saturated rings. The molecule has 0 atom stereocenters. The zero-order chi connectivity index (χ0) is 23.3. The van der Waals surface area contributed by atoms with Crippen molar-refractivity contribution in [2.24, 2.45) is 10.9 Å². The van der Waals surface area contributed by atoms with Crippen LogP contribution in [0, 0.1) is 5.82 Å². The van der Waals surface area contributed by atoms with E-state index in [4.69, 9.17) is 27.3 Å². The van der Waals surface area contributed by atoms with Gasteiger partial charge in [0.15, 0.2) is 11.6 Å². The molecule has 32 heavy (non-hydrogen) atoms. The lowest BCUT2D eigenvalue weighted by Gasteiger charge is -2.13. The number of ether oxygens (including phenoxy) is 1. The molecule has 8 nitrogen and oxygen atoms in total. The molecule has 3 aromatic rings. The second-order valence-corrected chi connectivity index (χ2v) is 7.05. The molecule has 0 saturated heterocycles.